The van der Waals surface area contributed by atoms with E-state index < -0.39 is 0 Å². The fraction of sp³-hybridized carbons (Fsp3) is 0.333. The lowest BCUT2D eigenvalue weighted by Crippen LogP contribution is -2.40. The minimum Gasteiger partial charge on any atom is -0.354 e. The highest BCUT2D eigenvalue weighted by Crippen LogP contribution is 2.27. The van der Waals surface area contributed by atoms with Crippen molar-refractivity contribution in [1.29, 1.82) is 0 Å². The molecule has 1 N–H and O–H groups in total. The Morgan fingerprint density at radius 2 is 1.64 bits per heavy atom. The van der Waals surface area contributed by atoms with Crippen LogP contribution in [0.25, 0.3) is 0 Å². The molecule has 25 heavy (non-hydrogen) atoms. The van der Waals surface area contributed by atoms with Gasteiger partial charge in [0.2, 0.25) is 11.8 Å². The van der Waals surface area contributed by atoms with Crippen LogP contribution in [0.5, 0.6) is 0 Å². The second kappa shape index (κ2) is 9.02. The van der Waals surface area contributed by atoms with E-state index in [4.69, 9.17) is 0 Å². The number of benzene rings is 2. The number of nitrogens with one attached hydrogen (secondary N) is 1. The van der Waals surface area contributed by atoms with Crippen molar-refractivity contribution in [3.8, 4) is 0 Å². The average Bonchev–Trinajstić information content (AvgIpc) is 2.60. The Morgan fingerprint density at radius 1 is 1.00 bits per heavy atom. The SMILES string of the molecule is CC(=O)N(CC(=O)NCCc1ccccc1)c1ccccc1C(C)C. The second-order valence-corrected chi connectivity index (χ2v) is 6.40. The van der Waals surface area contributed by atoms with Gasteiger partial charge in [0.25, 0.3) is 0 Å². The summed E-state index contributed by atoms with van der Waals surface area (Å²) in [5.41, 5.74) is 3.05. The predicted molar refractivity (Wildman–Crippen MR) is 102 cm³/mol. The van der Waals surface area contributed by atoms with E-state index in [-0.39, 0.29) is 24.3 Å². The number of hydrogen-bond acceptors (Lipinski definition) is 2. The van der Waals surface area contributed by atoms with Gasteiger partial charge in [0.1, 0.15) is 6.54 Å². The third-order valence-electron chi connectivity index (χ3n) is 4.11. The summed E-state index contributed by atoms with van der Waals surface area (Å²) in [5, 5.41) is 2.90. The quantitative estimate of drug-likeness (QED) is 0.840. The van der Waals surface area contributed by atoms with Gasteiger partial charge in [0, 0.05) is 19.2 Å². The Morgan fingerprint density at radius 3 is 2.28 bits per heavy atom. The molecule has 4 nitrogen and oxygen atoms in total. The summed E-state index contributed by atoms with van der Waals surface area (Å²) in [6.07, 6.45) is 0.773. The lowest BCUT2D eigenvalue weighted by molar-refractivity contribution is -0.123. The van der Waals surface area contributed by atoms with Crippen LogP contribution < -0.4 is 10.2 Å². The van der Waals surface area contributed by atoms with Gasteiger partial charge in [0.05, 0.1) is 0 Å². The third-order valence-corrected chi connectivity index (χ3v) is 4.11. The molecule has 132 valence electrons. The van der Waals surface area contributed by atoms with Crippen LogP contribution in [0.1, 0.15) is 37.8 Å². The van der Waals surface area contributed by atoms with Gasteiger partial charge in [-0.25, -0.2) is 0 Å². The topological polar surface area (TPSA) is 49.4 Å². The molecular formula is C21H26N2O2. The molecule has 0 fully saturated rings. The van der Waals surface area contributed by atoms with E-state index in [1.165, 1.54) is 12.5 Å². The molecule has 2 rings (SSSR count). The van der Waals surface area contributed by atoms with Gasteiger partial charge in [-0.1, -0.05) is 62.4 Å². The smallest absolute Gasteiger partial charge is 0.240 e. The Bertz CT molecular complexity index is 711. The zero-order valence-electron chi connectivity index (χ0n) is 15.2. The van der Waals surface area contributed by atoms with Gasteiger partial charge >= 0.3 is 0 Å². The number of rotatable bonds is 7. The molecule has 0 radical (unpaired) electrons. The number of amides is 2. The van der Waals surface area contributed by atoms with Crippen LogP contribution in [0.3, 0.4) is 0 Å². The minimum atomic E-state index is -0.148. The molecule has 0 saturated heterocycles. The number of para-hydroxylation sites is 1. The van der Waals surface area contributed by atoms with Crippen LogP contribution in [0.15, 0.2) is 54.6 Å². The highest BCUT2D eigenvalue weighted by molar-refractivity contribution is 5.98. The second-order valence-electron chi connectivity index (χ2n) is 6.40. The van der Waals surface area contributed by atoms with Crippen molar-refractivity contribution >= 4 is 17.5 Å². The maximum atomic E-state index is 12.3. The highest BCUT2D eigenvalue weighted by atomic mass is 16.2. The maximum Gasteiger partial charge on any atom is 0.240 e. The lowest BCUT2D eigenvalue weighted by Gasteiger charge is -2.25. The molecule has 0 heterocycles. The molecule has 4 heteroatoms. The van der Waals surface area contributed by atoms with Crippen LogP contribution in [0, 0.1) is 0 Å². The van der Waals surface area contributed by atoms with Crippen molar-refractivity contribution in [2.24, 2.45) is 0 Å². The molecule has 2 aromatic rings. The fourth-order valence-electron chi connectivity index (χ4n) is 2.78. The molecule has 0 saturated carbocycles. The van der Waals surface area contributed by atoms with Crippen molar-refractivity contribution < 1.29 is 9.59 Å². The Kier molecular flexibility index (Phi) is 6.75. The van der Waals surface area contributed by atoms with E-state index in [2.05, 4.69) is 19.2 Å². The summed E-state index contributed by atoms with van der Waals surface area (Å²) in [6.45, 7) is 6.25. The van der Waals surface area contributed by atoms with Crippen molar-refractivity contribution in [2.45, 2.75) is 33.1 Å². The number of anilines is 1. The summed E-state index contributed by atoms with van der Waals surface area (Å²) in [4.78, 5) is 25.9. The number of carbonyl (C=O) groups is 2. The van der Waals surface area contributed by atoms with Crippen LogP contribution in [0.4, 0.5) is 5.69 Å². The van der Waals surface area contributed by atoms with Gasteiger partial charge in [-0.15, -0.1) is 0 Å². The molecule has 0 aliphatic heterocycles. The summed E-state index contributed by atoms with van der Waals surface area (Å²) in [7, 11) is 0. The van der Waals surface area contributed by atoms with Crippen LogP contribution in [-0.4, -0.2) is 24.9 Å². The van der Waals surface area contributed by atoms with Gasteiger partial charge in [-0.05, 0) is 29.5 Å². The fourth-order valence-corrected chi connectivity index (χ4v) is 2.78. The van der Waals surface area contributed by atoms with E-state index in [0.717, 1.165) is 17.7 Å². The van der Waals surface area contributed by atoms with Crippen LogP contribution in [0.2, 0.25) is 0 Å². The van der Waals surface area contributed by atoms with Gasteiger partial charge in [0.15, 0.2) is 0 Å². The molecule has 0 aromatic heterocycles. The van der Waals surface area contributed by atoms with Gasteiger partial charge < -0.3 is 10.2 Å². The molecule has 0 aliphatic carbocycles. The summed E-state index contributed by atoms with van der Waals surface area (Å²) in [6, 6.07) is 17.8. The van der Waals surface area contributed by atoms with Crippen molar-refractivity contribution in [1.82, 2.24) is 5.32 Å². The third kappa shape index (κ3) is 5.45. The van der Waals surface area contributed by atoms with Gasteiger partial charge in [-0.2, -0.15) is 0 Å². The zero-order chi connectivity index (χ0) is 18.2. The van der Waals surface area contributed by atoms with Crippen LogP contribution >= 0.6 is 0 Å². The van der Waals surface area contributed by atoms with E-state index in [1.807, 2.05) is 54.6 Å². The summed E-state index contributed by atoms with van der Waals surface area (Å²) < 4.78 is 0. The Balaban J connectivity index is 1.99. The monoisotopic (exact) mass is 338 g/mol. The molecule has 0 spiro atoms. The molecular weight excluding hydrogens is 312 g/mol. The standard InChI is InChI=1S/C21H26N2O2/c1-16(2)19-11-7-8-12-20(19)23(17(3)24)15-21(25)22-14-13-18-9-5-4-6-10-18/h4-12,16H,13-15H2,1-3H3,(H,22,25). The summed E-state index contributed by atoms with van der Waals surface area (Å²) in [5.74, 6) is -0.00445. The molecule has 0 bridgehead atoms. The zero-order valence-corrected chi connectivity index (χ0v) is 15.2. The minimum absolute atomic E-state index is 0.0356. The first-order valence-electron chi connectivity index (χ1n) is 8.66. The molecule has 0 atom stereocenters. The normalized spacial score (nSPS) is 10.6. The first-order valence-corrected chi connectivity index (χ1v) is 8.66. The number of nitrogens with zero attached hydrogens (tertiary/aromatic N) is 1. The van der Waals surface area contributed by atoms with E-state index >= 15 is 0 Å². The molecule has 2 amide bonds. The van der Waals surface area contributed by atoms with E-state index in [0.29, 0.717) is 6.54 Å². The van der Waals surface area contributed by atoms with E-state index in [1.54, 1.807) is 4.90 Å². The highest BCUT2D eigenvalue weighted by Gasteiger charge is 2.19. The number of hydrogen-bond donors (Lipinski definition) is 1. The number of carbonyl (C=O) groups excluding carboxylic acids is 2. The van der Waals surface area contributed by atoms with Gasteiger partial charge in [-0.3, -0.25) is 9.59 Å². The lowest BCUT2D eigenvalue weighted by atomic mass is 10.0. The molecule has 0 unspecified atom stereocenters. The maximum absolute atomic E-state index is 12.3. The van der Waals surface area contributed by atoms with E-state index in [9.17, 15) is 9.59 Å². The predicted octanol–water partition coefficient (Wildman–Crippen LogP) is 3.52. The summed E-state index contributed by atoms with van der Waals surface area (Å²) >= 11 is 0. The Hall–Kier alpha value is -2.62. The first kappa shape index (κ1) is 18.7. The Labute approximate surface area is 149 Å². The first-order chi connectivity index (χ1) is 12.0. The average molecular weight is 338 g/mol. The largest absolute Gasteiger partial charge is 0.354 e. The van der Waals surface area contributed by atoms with Crippen molar-refractivity contribution in [3.05, 3.63) is 65.7 Å². The van der Waals surface area contributed by atoms with Crippen LogP contribution in [-0.2, 0) is 16.0 Å². The molecule has 2 aromatic carbocycles. The van der Waals surface area contributed by atoms with Crippen molar-refractivity contribution in [3.63, 3.8) is 0 Å². The van der Waals surface area contributed by atoms with Crippen molar-refractivity contribution in [2.75, 3.05) is 18.0 Å². The molecule has 0 aliphatic rings.